The molecular weight excluding hydrogens is 248 g/mol. The highest BCUT2D eigenvalue weighted by atomic mass is 35.5. The number of halogens is 1. The van der Waals surface area contributed by atoms with Crippen LogP contribution in [-0.4, -0.2) is 16.5 Å². The second-order valence-electron chi connectivity index (χ2n) is 4.52. The lowest BCUT2D eigenvalue weighted by molar-refractivity contribution is -0.122. The fraction of sp³-hybridized carbons (Fsp3) is 0.357. The standard InChI is InChI=1S/C14H17ClN2O/c1-3-10(2)16-14(18)9-17-7-6-11-4-5-12(15)8-13(11)17/h4-8,10H,3,9H2,1-2H3,(H,16,18). The first-order valence-corrected chi connectivity index (χ1v) is 6.51. The van der Waals surface area contributed by atoms with Gasteiger partial charge in [0.1, 0.15) is 6.54 Å². The molecule has 18 heavy (non-hydrogen) atoms. The van der Waals surface area contributed by atoms with Gasteiger partial charge in [-0.25, -0.2) is 0 Å². The summed E-state index contributed by atoms with van der Waals surface area (Å²) in [5.74, 6) is 0.0295. The number of rotatable bonds is 4. The number of aromatic nitrogens is 1. The second-order valence-corrected chi connectivity index (χ2v) is 4.96. The van der Waals surface area contributed by atoms with Crippen LogP contribution in [0.2, 0.25) is 5.02 Å². The number of amides is 1. The Hall–Kier alpha value is -1.48. The van der Waals surface area contributed by atoms with Gasteiger partial charge in [0.2, 0.25) is 5.91 Å². The van der Waals surface area contributed by atoms with Gasteiger partial charge in [0, 0.05) is 22.8 Å². The zero-order valence-corrected chi connectivity index (χ0v) is 11.4. The third-order valence-corrected chi connectivity index (χ3v) is 3.30. The maximum absolute atomic E-state index is 11.8. The molecule has 0 aliphatic rings. The summed E-state index contributed by atoms with van der Waals surface area (Å²) < 4.78 is 1.92. The van der Waals surface area contributed by atoms with Crippen molar-refractivity contribution in [2.75, 3.05) is 0 Å². The molecule has 0 saturated carbocycles. The lowest BCUT2D eigenvalue weighted by Crippen LogP contribution is -2.34. The van der Waals surface area contributed by atoms with Gasteiger partial charge in [-0.05, 0) is 36.9 Å². The highest BCUT2D eigenvalue weighted by Crippen LogP contribution is 2.20. The van der Waals surface area contributed by atoms with Gasteiger partial charge in [-0.3, -0.25) is 4.79 Å². The second kappa shape index (κ2) is 5.44. The quantitative estimate of drug-likeness (QED) is 0.904. The van der Waals surface area contributed by atoms with E-state index in [0.717, 1.165) is 17.3 Å². The molecule has 4 heteroatoms. The van der Waals surface area contributed by atoms with E-state index in [0.29, 0.717) is 11.6 Å². The molecule has 0 aliphatic carbocycles. The minimum atomic E-state index is 0.0295. The van der Waals surface area contributed by atoms with Gasteiger partial charge >= 0.3 is 0 Å². The fourth-order valence-corrected chi connectivity index (χ4v) is 2.04. The molecule has 0 saturated heterocycles. The molecule has 2 aromatic rings. The monoisotopic (exact) mass is 264 g/mol. The Bertz CT molecular complexity index is 562. The Morgan fingerprint density at radius 1 is 1.44 bits per heavy atom. The Morgan fingerprint density at radius 3 is 2.94 bits per heavy atom. The van der Waals surface area contributed by atoms with E-state index in [1.807, 2.05) is 42.0 Å². The number of nitrogens with zero attached hydrogens (tertiary/aromatic N) is 1. The molecule has 1 N–H and O–H groups in total. The molecule has 0 aliphatic heterocycles. The SMILES string of the molecule is CCC(C)NC(=O)Cn1ccc2ccc(Cl)cc21. The molecule has 3 nitrogen and oxygen atoms in total. The van der Waals surface area contributed by atoms with Crippen LogP contribution in [0.1, 0.15) is 20.3 Å². The van der Waals surface area contributed by atoms with Gasteiger partial charge in [-0.2, -0.15) is 0 Å². The molecule has 1 aromatic heterocycles. The third kappa shape index (κ3) is 2.85. The highest BCUT2D eigenvalue weighted by Gasteiger charge is 2.08. The summed E-state index contributed by atoms with van der Waals surface area (Å²) in [5.41, 5.74) is 0.988. The number of hydrogen-bond donors (Lipinski definition) is 1. The molecule has 96 valence electrons. The number of hydrogen-bond acceptors (Lipinski definition) is 1. The first kappa shape index (κ1) is 13.0. The van der Waals surface area contributed by atoms with Gasteiger partial charge in [-0.15, -0.1) is 0 Å². The van der Waals surface area contributed by atoms with Crippen LogP contribution >= 0.6 is 11.6 Å². The maximum Gasteiger partial charge on any atom is 0.240 e. The van der Waals surface area contributed by atoms with Crippen molar-refractivity contribution in [3.63, 3.8) is 0 Å². The van der Waals surface area contributed by atoms with Crippen LogP contribution < -0.4 is 5.32 Å². The maximum atomic E-state index is 11.8. The van der Waals surface area contributed by atoms with Crippen LogP contribution in [0.25, 0.3) is 10.9 Å². The van der Waals surface area contributed by atoms with Crippen LogP contribution in [0.3, 0.4) is 0 Å². The normalized spacial score (nSPS) is 12.6. The third-order valence-electron chi connectivity index (χ3n) is 3.07. The van der Waals surface area contributed by atoms with E-state index in [2.05, 4.69) is 12.2 Å². The van der Waals surface area contributed by atoms with Crippen LogP contribution in [0.4, 0.5) is 0 Å². The summed E-state index contributed by atoms with van der Waals surface area (Å²) in [6.45, 7) is 4.38. The van der Waals surface area contributed by atoms with E-state index >= 15 is 0 Å². The smallest absolute Gasteiger partial charge is 0.240 e. The van der Waals surface area contributed by atoms with E-state index in [1.165, 1.54) is 0 Å². The minimum absolute atomic E-state index is 0.0295. The lowest BCUT2D eigenvalue weighted by Gasteiger charge is -2.12. The van der Waals surface area contributed by atoms with E-state index in [9.17, 15) is 4.79 Å². The first-order chi connectivity index (χ1) is 8.60. The molecule has 0 radical (unpaired) electrons. The molecule has 1 atom stereocenters. The van der Waals surface area contributed by atoms with E-state index in [-0.39, 0.29) is 11.9 Å². The molecule has 1 aromatic carbocycles. The summed E-state index contributed by atoms with van der Waals surface area (Å²) in [5, 5.41) is 4.73. The van der Waals surface area contributed by atoms with Gasteiger partial charge in [-0.1, -0.05) is 24.6 Å². The number of benzene rings is 1. The predicted molar refractivity (Wildman–Crippen MR) is 74.8 cm³/mol. The van der Waals surface area contributed by atoms with Crippen molar-refractivity contribution in [3.05, 3.63) is 35.5 Å². The van der Waals surface area contributed by atoms with Gasteiger partial charge < -0.3 is 9.88 Å². The molecular formula is C14H17ClN2O. The molecule has 0 fully saturated rings. The molecule has 1 amide bonds. The lowest BCUT2D eigenvalue weighted by atomic mass is 10.2. The van der Waals surface area contributed by atoms with Crippen molar-refractivity contribution in [1.82, 2.24) is 9.88 Å². The average molecular weight is 265 g/mol. The highest BCUT2D eigenvalue weighted by molar-refractivity contribution is 6.31. The topological polar surface area (TPSA) is 34.0 Å². The van der Waals surface area contributed by atoms with Crippen LogP contribution in [-0.2, 0) is 11.3 Å². The van der Waals surface area contributed by atoms with Gasteiger partial charge in [0.25, 0.3) is 0 Å². The van der Waals surface area contributed by atoms with Crippen LogP contribution in [0.5, 0.6) is 0 Å². The number of fused-ring (bicyclic) bond motifs is 1. The van der Waals surface area contributed by atoms with Crippen LogP contribution in [0, 0.1) is 0 Å². The zero-order chi connectivity index (χ0) is 13.1. The summed E-state index contributed by atoms with van der Waals surface area (Å²) >= 11 is 5.98. The molecule has 2 rings (SSSR count). The van der Waals surface area contributed by atoms with Gasteiger partial charge in [0.05, 0.1) is 0 Å². The number of nitrogens with one attached hydrogen (secondary N) is 1. The molecule has 1 heterocycles. The average Bonchev–Trinajstić information content (AvgIpc) is 2.71. The van der Waals surface area contributed by atoms with E-state index < -0.39 is 0 Å². The van der Waals surface area contributed by atoms with Crippen molar-refractivity contribution < 1.29 is 4.79 Å². The van der Waals surface area contributed by atoms with Crippen molar-refractivity contribution in [3.8, 4) is 0 Å². The van der Waals surface area contributed by atoms with Crippen molar-refractivity contribution in [2.45, 2.75) is 32.9 Å². The Labute approximate surface area is 112 Å². The van der Waals surface area contributed by atoms with Crippen molar-refractivity contribution in [1.29, 1.82) is 0 Å². The Kier molecular flexibility index (Phi) is 3.92. The fourth-order valence-electron chi connectivity index (χ4n) is 1.87. The van der Waals surface area contributed by atoms with E-state index in [1.54, 1.807) is 0 Å². The zero-order valence-electron chi connectivity index (χ0n) is 10.6. The summed E-state index contributed by atoms with van der Waals surface area (Å²) in [4.78, 5) is 11.8. The van der Waals surface area contributed by atoms with Crippen molar-refractivity contribution >= 4 is 28.4 Å². The molecule has 1 unspecified atom stereocenters. The largest absolute Gasteiger partial charge is 0.352 e. The predicted octanol–water partition coefficient (Wildman–Crippen LogP) is 3.21. The summed E-state index contributed by atoms with van der Waals surface area (Å²) in [6, 6.07) is 7.90. The number of carbonyl (C=O) groups excluding carboxylic acids is 1. The van der Waals surface area contributed by atoms with E-state index in [4.69, 9.17) is 11.6 Å². The molecule has 0 spiro atoms. The van der Waals surface area contributed by atoms with Crippen LogP contribution in [0.15, 0.2) is 30.5 Å². The van der Waals surface area contributed by atoms with Gasteiger partial charge in [0.15, 0.2) is 0 Å². The number of carbonyl (C=O) groups is 1. The minimum Gasteiger partial charge on any atom is -0.352 e. The van der Waals surface area contributed by atoms with Crippen molar-refractivity contribution in [2.24, 2.45) is 0 Å². The summed E-state index contributed by atoms with van der Waals surface area (Å²) in [6.07, 6.45) is 2.85. The summed E-state index contributed by atoms with van der Waals surface area (Å²) in [7, 11) is 0. The first-order valence-electron chi connectivity index (χ1n) is 6.14. The molecule has 0 bridgehead atoms. The Balaban J connectivity index is 2.16. The Morgan fingerprint density at radius 2 is 2.22 bits per heavy atom.